The molecule has 5 rings (SSSR count). The zero-order valence-corrected chi connectivity index (χ0v) is 23.6. The highest BCUT2D eigenvalue weighted by Gasteiger charge is 2.45. The van der Waals surface area contributed by atoms with Gasteiger partial charge in [0.15, 0.2) is 0 Å². The zero-order chi connectivity index (χ0) is 27.7. The number of hydrogen-bond acceptors (Lipinski definition) is 6. The van der Waals surface area contributed by atoms with Gasteiger partial charge in [-0.15, -0.1) is 11.3 Å². The molecule has 0 atom stereocenters. The highest BCUT2D eigenvalue weighted by molar-refractivity contribution is 7.09. The Kier molecular flexibility index (Phi) is 7.38. The molecule has 2 amide bonds. The highest BCUT2D eigenvalue weighted by Crippen LogP contribution is 2.39. The zero-order valence-electron chi connectivity index (χ0n) is 22.8. The molecular weight excluding hydrogens is 510 g/mol. The maximum atomic E-state index is 13.3. The number of hydrogen-bond donors (Lipinski definition) is 0. The molecule has 1 aliphatic rings. The predicted molar refractivity (Wildman–Crippen MR) is 156 cm³/mol. The first-order valence-corrected chi connectivity index (χ1v) is 14.0. The lowest BCUT2D eigenvalue weighted by Gasteiger charge is -2.27. The molecule has 0 N–H and O–H groups in total. The van der Waals surface area contributed by atoms with Crippen LogP contribution in [0.3, 0.4) is 0 Å². The number of anilines is 2. The Morgan fingerprint density at radius 2 is 1.77 bits per heavy atom. The largest absolute Gasteiger partial charge is 0.314 e. The summed E-state index contributed by atoms with van der Waals surface area (Å²) >= 11 is 1.60. The van der Waals surface area contributed by atoms with Gasteiger partial charge in [-0.1, -0.05) is 24.3 Å². The van der Waals surface area contributed by atoms with Gasteiger partial charge < -0.3 is 14.4 Å². The molecule has 39 heavy (non-hydrogen) atoms. The molecule has 2 aromatic carbocycles. The molecule has 3 heterocycles. The molecule has 9 heteroatoms. The minimum Gasteiger partial charge on any atom is -0.314 e. The maximum absolute atomic E-state index is 13.3. The van der Waals surface area contributed by atoms with Crippen LogP contribution in [0.2, 0.25) is 0 Å². The van der Waals surface area contributed by atoms with Gasteiger partial charge in [0.1, 0.15) is 5.41 Å². The van der Waals surface area contributed by atoms with Gasteiger partial charge >= 0.3 is 0 Å². The number of rotatable bonds is 8. The maximum Gasteiger partial charge on any atom is 0.258 e. The van der Waals surface area contributed by atoms with Gasteiger partial charge in [-0.2, -0.15) is 0 Å². The van der Waals surface area contributed by atoms with Crippen molar-refractivity contribution in [3.63, 3.8) is 0 Å². The fourth-order valence-corrected chi connectivity index (χ4v) is 5.85. The molecule has 4 aromatic rings. The Labute approximate surface area is 232 Å². The van der Waals surface area contributed by atoms with Gasteiger partial charge in [0, 0.05) is 62.4 Å². The van der Waals surface area contributed by atoms with Crippen molar-refractivity contribution in [1.29, 1.82) is 0 Å². The van der Waals surface area contributed by atoms with Crippen molar-refractivity contribution in [2.75, 3.05) is 29.9 Å². The van der Waals surface area contributed by atoms with E-state index in [9.17, 15) is 14.4 Å². The Morgan fingerprint density at radius 1 is 0.974 bits per heavy atom. The molecule has 8 nitrogen and oxygen atoms in total. The summed E-state index contributed by atoms with van der Waals surface area (Å²) in [4.78, 5) is 50.5. The first kappa shape index (κ1) is 26.8. The van der Waals surface area contributed by atoms with Gasteiger partial charge in [0.05, 0.1) is 16.9 Å². The van der Waals surface area contributed by atoms with Gasteiger partial charge in [-0.05, 0) is 56.0 Å². The summed E-state index contributed by atoms with van der Waals surface area (Å²) in [5.74, 6) is -0.417. The van der Waals surface area contributed by atoms with Gasteiger partial charge in [-0.3, -0.25) is 24.3 Å². The molecule has 1 aliphatic heterocycles. The Balaban J connectivity index is 1.43. The van der Waals surface area contributed by atoms with Crippen LogP contribution in [-0.2, 0) is 29.2 Å². The summed E-state index contributed by atoms with van der Waals surface area (Å²) in [7, 11) is 1.74. The lowest BCUT2D eigenvalue weighted by Crippen LogP contribution is -2.47. The Morgan fingerprint density at radius 3 is 2.51 bits per heavy atom. The van der Waals surface area contributed by atoms with Crippen LogP contribution in [0.4, 0.5) is 11.4 Å². The fraction of sp³-hybridized carbons (Fsp3) is 0.333. The minimum atomic E-state index is -1.14. The van der Waals surface area contributed by atoms with Gasteiger partial charge in [-0.25, -0.2) is 0 Å². The number of pyridine rings is 1. The van der Waals surface area contributed by atoms with Crippen molar-refractivity contribution >= 4 is 45.3 Å². The average molecular weight is 544 g/mol. The number of amides is 2. The second kappa shape index (κ2) is 10.7. The summed E-state index contributed by atoms with van der Waals surface area (Å²) < 4.78 is 1.76. The van der Waals surface area contributed by atoms with Crippen LogP contribution in [-0.4, -0.2) is 46.4 Å². The van der Waals surface area contributed by atoms with E-state index in [1.807, 2.05) is 73.4 Å². The average Bonchev–Trinajstić information content (AvgIpc) is 3.44. The molecule has 0 bridgehead atoms. The number of fused-ring (bicyclic) bond motifs is 2. The summed E-state index contributed by atoms with van der Waals surface area (Å²) in [5.41, 5.74) is 3.17. The number of carbonyl (C=O) groups is 2. The van der Waals surface area contributed by atoms with Crippen LogP contribution < -0.4 is 15.4 Å². The molecule has 0 unspecified atom stereocenters. The van der Waals surface area contributed by atoms with E-state index in [4.69, 9.17) is 0 Å². The van der Waals surface area contributed by atoms with Crippen molar-refractivity contribution in [2.24, 2.45) is 5.41 Å². The first-order valence-electron chi connectivity index (χ1n) is 13.1. The summed E-state index contributed by atoms with van der Waals surface area (Å²) in [5, 5.41) is 1.65. The van der Waals surface area contributed by atoms with E-state index in [1.54, 1.807) is 46.6 Å². The van der Waals surface area contributed by atoms with E-state index in [2.05, 4.69) is 9.88 Å². The van der Waals surface area contributed by atoms with Crippen molar-refractivity contribution in [2.45, 2.75) is 40.4 Å². The molecule has 202 valence electrons. The van der Waals surface area contributed by atoms with Gasteiger partial charge in [0.2, 0.25) is 11.8 Å². The first-order chi connectivity index (χ1) is 18.7. The Hall–Kier alpha value is -3.82. The van der Waals surface area contributed by atoms with Crippen LogP contribution in [0.5, 0.6) is 0 Å². The third-order valence-electron chi connectivity index (χ3n) is 7.44. The summed E-state index contributed by atoms with van der Waals surface area (Å²) in [6.45, 7) is 8.27. The number of carbonyl (C=O) groups excluding carboxylic acids is 2. The van der Waals surface area contributed by atoms with E-state index in [0.717, 1.165) is 27.2 Å². The van der Waals surface area contributed by atoms with Crippen LogP contribution in [0.25, 0.3) is 10.8 Å². The summed E-state index contributed by atoms with van der Waals surface area (Å²) in [6.07, 6.45) is 3.73. The topological polar surface area (TPSA) is 78.8 Å². The molecule has 0 saturated heterocycles. The number of benzene rings is 2. The number of aromatic nitrogens is 2. The molecule has 0 fully saturated rings. The van der Waals surface area contributed by atoms with E-state index in [-0.39, 0.29) is 17.4 Å². The van der Waals surface area contributed by atoms with Crippen LogP contribution in [0, 0.1) is 5.41 Å². The smallest absolute Gasteiger partial charge is 0.258 e. The molecular formula is C30H33N5O3S. The van der Waals surface area contributed by atoms with Crippen LogP contribution >= 0.6 is 11.3 Å². The second-order valence-electron chi connectivity index (χ2n) is 10.4. The third kappa shape index (κ3) is 5.12. The third-order valence-corrected chi connectivity index (χ3v) is 8.20. The Bertz CT molecular complexity index is 1580. The van der Waals surface area contributed by atoms with Crippen LogP contribution in [0.1, 0.15) is 31.2 Å². The van der Waals surface area contributed by atoms with Gasteiger partial charge in [0.25, 0.3) is 5.56 Å². The second-order valence-corrected chi connectivity index (χ2v) is 11.4. The minimum absolute atomic E-state index is 0.00273. The molecule has 0 saturated carbocycles. The van der Waals surface area contributed by atoms with Crippen molar-refractivity contribution < 1.29 is 9.59 Å². The quantitative estimate of drug-likeness (QED) is 0.306. The standard InChI is InChI=1S/C30H33N5O3S/c1-5-35-25-11-10-21(16-26(25)32(4)28(37)30(2,3)29(35)38)18-33(19-23-17-31-20-39-23)14-15-34-13-12-22-8-6-7-9-24(22)27(34)36/h6-13,16-17,20H,5,14-15,18-19H2,1-4H3. The monoisotopic (exact) mass is 543 g/mol. The summed E-state index contributed by atoms with van der Waals surface area (Å²) in [6, 6.07) is 15.6. The molecule has 0 radical (unpaired) electrons. The van der Waals surface area contributed by atoms with Crippen LogP contribution in [0.15, 0.2) is 71.2 Å². The van der Waals surface area contributed by atoms with E-state index >= 15 is 0 Å². The van der Waals surface area contributed by atoms with Crippen molar-refractivity contribution in [1.82, 2.24) is 14.5 Å². The molecule has 0 aliphatic carbocycles. The number of thiazole rings is 1. The molecule has 0 spiro atoms. The number of nitrogens with zero attached hydrogens (tertiary/aromatic N) is 5. The predicted octanol–water partition coefficient (Wildman–Crippen LogP) is 4.52. The highest BCUT2D eigenvalue weighted by atomic mass is 32.1. The SMILES string of the molecule is CCN1C(=O)C(C)(C)C(=O)N(C)c2cc(CN(CCn3ccc4ccccc4c3=O)Cc3cncs3)ccc21. The molecule has 2 aromatic heterocycles. The van der Waals surface area contributed by atoms with E-state index in [1.165, 1.54) is 0 Å². The lowest BCUT2D eigenvalue weighted by molar-refractivity contribution is -0.137. The van der Waals surface area contributed by atoms with E-state index < -0.39 is 5.41 Å². The van der Waals surface area contributed by atoms with E-state index in [0.29, 0.717) is 38.1 Å². The van der Waals surface area contributed by atoms with Crippen molar-refractivity contribution in [3.8, 4) is 0 Å². The normalized spacial score (nSPS) is 15.2. The van der Waals surface area contributed by atoms with Crippen molar-refractivity contribution in [3.05, 3.63) is 87.2 Å². The lowest BCUT2D eigenvalue weighted by atomic mass is 9.90. The fourth-order valence-electron chi connectivity index (χ4n) is 5.21.